The Kier molecular flexibility index (Phi) is 3.53. The van der Waals surface area contributed by atoms with Crippen LogP contribution in [-0.4, -0.2) is 29.9 Å². The van der Waals surface area contributed by atoms with Crippen LogP contribution in [0.15, 0.2) is 0 Å². The first-order chi connectivity index (χ1) is 7.58. The van der Waals surface area contributed by atoms with E-state index in [0.29, 0.717) is 11.8 Å². The SMILES string of the molecule is CC1CCC(C(=O)N2CC(C)C(N)C2)CC1. The van der Waals surface area contributed by atoms with Crippen molar-refractivity contribution in [2.75, 3.05) is 13.1 Å². The Morgan fingerprint density at radius 3 is 2.25 bits per heavy atom. The minimum Gasteiger partial charge on any atom is -0.341 e. The van der Waals surface area contributed by atoms with Crippen LogP contribution in [0.4, 0.5) is 0 Å². The lowest BCUT2D eigenvalue weighted by molar-refractivity contribution is -0.135. The van der Waals surface area contributed by atoms with Gasteiger partial charge in [-0.05, 0) is 37.5 Å². The number of nitrogens with zero attached hydrogens (tertiary/aromatic N) is 1. The van der Waals surface area contributed by atoms with E-state index >= 15 is 0 Å². The molecule has 2 N–H and O–H groups in total. The Labute approximate surface area is 98.4 Å². The molecule has 2 unspecified atom stereocenters. The van der Waals surface area contributed by atoms with Gasteiger partial charge in [-0.25, -0.2) is 0 Å². The van der Waals surface area contributed by atoms with Gasteiger partial charge in [0.1, 0.15) is 0 Å². The molecular weight excluding hydrogens is 200 g/mol. The highest BCUT2D eigenvalue weighted by molar-refractivity contribution is 5.79. The third-order valence-electron chi connectivity index (χ3n) is 4.35. The lowest BCUT2D eigenvalue weighted by Gasteiger charge is -2.28. The van der Waals surface area contributed by atoms with Crippen LogP contribution in [-0.2, 0) is 4.79 Å². The van der Waals surface area contributed by atoms with Crippen molar-refractivity contribution >= 4 is 5.91 Å². The molecule has 0 aromatic carbocycles. The highest BCUT2D eigenvalue weighted by Crippen LogP contribution is 2.30. The molecule has 2 aliphatic rings. The monoisotopic (exact) mass is 224 g/mol. The van der Waals surface area contributed by atoms with E-state index in [4.69, 9.17) is 5.73 Å². The summed E-state index contributed by atoms with van der Waals surface area (Å²) in [6.07, 6.45) is 4.60. The van der Waals surface area contributed by atoms with Gasteiger partial charge in [0.2, 0.25) is 5.91 Å². The smallest absolute Gasteiger partial charge is 0.225 e. The molecule has 3 nitrogen and oxygen atoms in total. The fraction of sp³-hybridized carbons (Fsp3) is 0.923. The number of amides is 1. The molecule has 0 aromatic rings. The summed E-state index contributed by atoms with van der Waals surface area (Å²) in [5.74, 6) is 1.93. The van der Waals surface area contributed by atoms with Crippen molar-refractivity contribution in [3.8, 4) is 0 Å². The van der Waals surface area contributed by atoms with Crippen molar-refractivity contribution in [2.24, 2.45) is 23.5 Å². The van der Waals surface area contributed by atoms with Crippen molar-refractivity contribution in [1.29, 1.82) is 0 Å². The molecule has 2 rings (SSSR count). The Morgan fingerprint density at radius 1 is 1.12 bits per heavy atom. The van der Waals surface area contributed by atoms with Crippen molar-refractivity contribution in [2.45, 2.75) is 45.6 Å². The van der Waals surface area contributed by atoms with E-state index in [1.54, 1.807) is 0 Å². The summed E-state index contributed by atoms with van der Waals surface area (Å²) in [4.78, 5) is 14.3. The van der Waals surface area contributed by atoms with E-state index in [9.17, 15) is 4.79 Å². The van der Waals surface area contributed by atoms with Crippen LogP contribution in [0.3, 0.4) is 0 Å². The first-order valence-electron chi connectivity index (χ1n) is 6.62. The quantitative estimate of drug-likeness (QED) is 0.735. The Morgan fingerprint density at radius 2 is 1.75 bits per heavy atom. The lowest BCUT2D eigenvalue weighted by Crippen LogP contribution is -2.37. The fourth-order valence-corrected chi connectivity index (χ4v) is 2.94. The molecule has 2 atom stereocenters. The van der Waals surface area contributed by atoms with Gasteiger partial charge in [-0.15, -0.1) is 0 Å². The van der Waals surface area contributed by atoms with Crippen LogP contribution >= 0.6 is 0 Å². The molecule has 0 aromatic heterocycles. The third-order valence-corrected chi connectivity index (χ3v) is 4.35. The fourth-order valence-electron chi connectivity index (χ4n) is 2.94. The van der Waals surface area contributed by atoms with E-state index in [-0.39, 0.29) is 12.0 Å². The summed E-state index contributed by atoms with van der Waals surface area (Å²) in [6, 6.07) is 0.187. The average molecular weight is 224 g/mol. The molecular formula is C13H24N2O. The first kappa shape index (κ1) is 11.9. The van der Waals surface area contributed by atoms with Crippen LogP contribution in [0.1, 0.15) is 39.5 Å². The van der Waals surface area contributed by atoms with Crippen LogP contribution in [0.25, 0.3) is 0 Å². The molecule has 2 fully saturated rings. The van der Waals surface area contributed by atoms with Crippen molar-refractivity contribution in [3.05, 3.63) is 0 Å². The van der Waals surface area contributed by atoms with Crippen LogP contribution in [0.2, 0.25) is 0 Å². The van der Waals surface area contributed by atoms with Crippen LogP contribution in [0.5, 0.6) is 0 Å². The van der Waals surface area contributed by atoms with Gasteiger partial charge in [-0.2, -0.15) is 0 Å². The van der Waals surface area contributed by atoms with Crippen molar-refractivity contribution in [1.82, 2.24) is 4.90 Å². The van der Waals surface area contributed by atoms with Gasteiger partial charge < -0.3 is 10.6 Å². The number of rotatable bonds is 1. The molecule has 1 heterocycles. The second-order valence-corrected chi connectivity index (χ2v) is 5.84. The number of carbonyl (C=O) groups is 1. The number of hydrogen-bond donors (Lipinski definition) is 1. The van der Waals surface area contributed by atoms with Crippen molar-refractivity contribution < 1.29 is 4.79 Å². The zero-order chi connectivity index (χ0) is 11.7. The van der Waals surface area contributed by atoms with Gasteiger partial charge in [0.25, 0.3) is 0 Å². The summed E-state index contributed by atoms with van der Waals surface area (Å²) >= 11 is 0. The second kappa shape index (κ2) is 4.74. The topological polar surface area (TPSA) is 46.3 Å². The molecule has 1 saturated carbocycles. The van der Waals surface area contributed by atoms with Gasteiger partial charge in [0.05, 0.1) is 0 Å². The maximum atomic E-state index is 12.3. The number of nitrogens with two attached hydrogens (primary N) is 1. The minimum atomic E-state index is 0.187. The van der Waals surface area contributed by atoms with Crippen LogP contribution < -0.4 is 5.73 Å². The largest absolute Gasteiger partial charge is 0.341 e. The van der Waals surface area contributed by atoms with Crippen LogP contribution in [0, 0.1) is 17.8 Å². The summed E-state index contributed by atoms with van der Waals surface area (Å²) in [5, 5.41) is 0. The molecule has 1 amide bonds. The number of likely N-dealkylation sites (tertiary alicyclic amines) is 1. The highest BCUT2D eigenvalue weighted by Gasteiger charge is 2.34. The first-order valence-corrected chi connectivity index (χ1v) is 6.62. The zero-order valence-electron chi connectivity index (χ0n) is 10.5. The third kappa shape index (κ3) is 2.40. The molecule has 1 aliphatic carbocycles. The molecule has 0 bridgehead atoms. The van der Waals surface area contributed by atoms with E-state index in [1.807, 2.05) is 4.90 Å². The summed E-state index contributed by atoms with van der Waals surface area (Å²) in [5.41, 5.74) is 5.96. The summed E-state index contributed by atoms with van der Waals surface area (Å²) in [7, 11) is 0. The molecule has 0 spiro atoms. The molecule has 3 heteroatoms. The van der Waals surface area contributed by atoms with E-state index in [1.165, 1.54) is 12.8 Å². The van der Waals surface area contributed by atoms with Gasteiger partial charge >= 0.3 is 0 Å². The predicted molar refractivity (Wildman–Crippen MR) is 64.8 cm³/mol. The van der Waals surface area contributed by atoms with Gasteiger partial charge in [0.15, 0.2) is 0 Å². The molecule has 0 radical (unpaired) electrons. The number of carbonyl (C=O) groups excluding carboxylic acids is 1. The van der Waals surface area contributed by atoms with Gasteiger partial charge in [-0.1, -0.05) is 13.8 Å². The maximum Gasteiger partial charge on any atom is 0.225 e. The van der Waals surface area contributed by atoms with E-state index in [0.717, 1.165) is 31.8 Å². The normalized spacial score (nSPS) is 40.1. The standard InChI is InChI=1S/C13H24N2O/c1-9-3-5-11(6-4-9)13(16)15-7-10(2)12(14)8-15/h9-12H,3-8,14H2,1-2H3. The lowest BCUT2D eigenvalue weighted by atomic mass is 9.82. The van der Waals surface area contributed by atoms with Gasteiger partial charge in [-0.3, -0.25) is 4.79 Å². The van der Waals surface area contributed by atoms with E-state index in [2.05, 4.69) is 13.8 Å². The highest BCUT2D eigenvalue weighted by atomic mass is 16.2. The zero-order valence-corrected chi connectivity index (χ0v) is 10.5. The maximum absolute atomic E-state index is 12.3. The molecule has 1 saturated heterocycles. The molecule has 16 heavy (non-hydrogen) atoms. The Bertz CT molecular complexity index is 249. The number of hydrogen-bond acceptors (Lipinski definition) is 2. The van der Waals surface area contributed by atoms with E-state index < -0.39 is 0 Å². The predicted octanol–water partition coefficient (Wildman–Crippen LogP) is 1.62. The average Bonchev–Trinajstić information content (AvgIpc) is 2.59. The van der Waals surface area contributed by atoms with Crippen molar-refractivity contribution in [3.63, 3.8) is 0 Å². The molecule has 92 valence electrons. The van der Waals surface area contributed by atoms with Gasteiger partial charge in [0, 0.05) is 25.0 Å². The summed E-state index contributed by atoms with van der Waals surface area (Å²) in [6.45, 7) is 6.06. The molecule has 1 aliphatic heterocycles. The minimum absolute atomic E-state index is 0.187. The second-order valence-electron chi connectivity index (χ2n) is 5.84. The Hall–Kier alpha value is -0.570. The Balaban J connectivity index is 1.88. The summed E-state index contributed by atoms with van der Waals surface area (Å²) < 4.78 is 0.